The Morgan fingerprint density at radius 1 is 1.03 bits per heavy atom. The zero-order valence-electron chi connectivity index (χ0n) is 20.2. The minimum absolute atomic E-state index is 0.230. The summed E-state index contributed by atoms with van der Waals surface area (Å²) in [6.45, 7) is 6.63. The summed E-state index contributed by atoms with van der Waals surface area (Å²) in [5.74, 6) is -0.368. The molecule has 188 valence electrons. The fourth-order valence-corrected chi connectivity index (χ4v) is 5.30. The lowest BCUT2D eigenvalue weighted by molar-refractivity contribution is -0.0278. The van der Waals surface area contributed by atoms with Crippen molar-refractivity contribution in [2.75, 3.05) is 13.2 Å². The minimum Gasteiger partial charge on any atom is -0.462 e. The molecule has 1 heterocycles. The highest BCUT2D eigenvalue weighted by molar-refractivity contribution is 7.94. The lowest BCUT2D eigenvalue weighted by Gasteiger charge is -2.20. The van der Waals surface area contributed by atoms with Crippen LogP contribution in [0.1, 0.15) is 49.4 Å². The highest BCUT2D eigenvalue weighted by Gasteiger charge is 2.40. The van der Waals surface area contributed by atoms with E-state index < -0.39 is 22.0 Å². The first-order chi connectivity index (χ1) is 17.0. The Hall–Kier alpha value is -2.74. The second-order valence-electron chi connectivity index (χ2n) is 8.45. The van der Waals surface area contributed by atoms with Crippen molar-refractivity contribution in [2.24, 2.45) is 0 Å². The summed E-state index contributed by atoms with van der Waals surface area (Å²) in [6.07, 6.45) is 3.89. The van der Waals surface area contributed by atoms with Crippen LogP contribution < -0.4 is 0 Å². The van der Waals surface area contributed by atoms with E-state index >= 15 is 0 Å². The number of rotatable bonds is 13. The molecule has 7 heteroatoms. The normalized spacial score (nSPS) is 21.2. The van der Waals surface area contributed by atoms with E-state index in [4.69, 9.17) is 14.2 Å². The molecule has 0 bridgehead atoms. The van der Waals surface area contributed by atoms with Gasteiger partial charge in [-0.2, -0.15) is 0 Å². The molecule has 0 aliphatic carbocycles. The van der Waals surface area contributed by atoms with E-state index in [1.54, 1.807) is 60.7 Å². The Labute approximate surface area is 208 Å². The molecule has 0 aromatic heterocycles. The van der Waals surface area contributed by atoms with Crippen molar-refractivity contribution in [3.05, 3.63) is 89.9 Å². The number of hydrogen-bond acceptors (Lipinski definition) is 6. The SMILES string of the molecule is C=CC[C@@H]1O[C@H](CCCOC(=O)c2ccccc2)[C@H](OCCCC)C1=CS(=O)(=O)c1ccccc1. The van der Waals surface area contributed by atoms with E-state index in [0.717, 1.165) is 12.8 Å². The van der Waals surface area contributed by atoms with Crippen LogP contribution in [-0.2, 0) is 24.0 Å². The van der Waals surface area contributed by atoms with Crippen molar-refractivity contribution in [3.63, 3.8) is 0 Å². The fraction of sp³-hybridized carbons (Fsp3) is 0.393. The van der Waals surface area contributed by atoms with Crippen molar-refractivity contribution >= 4 is 15.8 Å². The number of esters is 1. The standard InChI is InChI=1S/C28H34O6S/c1-3-5-19-32-27-24(21-35(30,31)23-16-10-7-11-17-23)25(13-4-2)34-26(27)18-12-20-33-28(29)22-14-8-6-9-15-22/h4,6-11,14-17,21,25-27H,2-3,5,12-13,18-20H2,1H3/t25-,26+,27+/m0/s1. The molecule has 3 atom stereocenters. The maximum absolute atomic E-state index is 13.1. The third-order valence-corrected chi connectivity index (χ3v) is 7.30. The molecule has 6 nitrogen and oxygen atoms in total. The predicted octanol–water partition coefficient (Wildman–Crippen LogP) is 5.51. The average Bonchev–Trinajstić information content (AvgIpc) is 3.18. The Morgan fingerprint density at radius 3 is 2.37 bits per heavy atom. The quantitative estimate of drug-likeness (QED) is 0.206. The van der Waals surface area contributed by atoms with Gasteiger partial charge in [-0.25, -0.2) is 13.2 Å². The van der Waals surface area contributed by atoms with Crippen LogP contribution in [0.4, 0.5) is 0 Å². The van der Waals surface area contributed by atoms with Gasteiger partial charge in [0.15, 0.2) is 9.84 Å². The molecule has 1 fully saturated rings. The first-order valence-corrected chi connectivity index (χ1v) is 13.6. The maximum Gasteiger partial charge on any atom is 0.338 e. The molecule has 3 rings (SSSR count). The zero-order valence-corrected chi connectivity index (χ0v) is 21.0. The van der Waals surface area contributed by atoms with Crippen molar-refractivity contribution < 1.29 is 27.4 Å². The van der Waals surface area contributed by atoms with Gasteiger partial charge in [0, 0.05) is 17.6 Å². The Balaban J connectivity index is 1.73. The first-order valence-electron chi connectivity index (χ1n) is 12.1. The monoisotopic (exact) mass is 498 g/mol. The Bertz CT molecular complexity index is 1080. The van der Waals surface area contributed by atoms with Crippen molar-refractivity contribution in [1.82, 2.24) is 0 Å². The fourth-order valence-electron chi connectivity index (χ4n) is 3.99. The smallest absolute Gasteiger partial charge is 0.338 e. The van der Waals surface area contributed by atoms with Crippen LogP contribution >= 0.6 is 0 Å². The number of unbranched alkanes of at least 4 members (excludes halogenated alkanes) is 1. The molecule has 0 radical (unpaired) electrons. The van der Waals surface area contributed by atoms with E-state index in [2.05, 4.69) is 13.5 Å². The van der Waals surface area contributed by atoms with Gasteiger partial charge in [0.1, 0.15) is 6.10 Å². The van der Waals surface area contributed by atoms with E-state index in [1.807, 2.05) is 6.07 Å². The lowest BCUT2D eigenvalue weighted by atomic mass is 10.0. The molecule has 0 N–H and O–H groups in total. The third-order valence-electron chi connectivity index (χ3n) is 5.79. The largest absolute Gasteiger partial charge is 0.462 e. The minimum atomic E-state index is -3.67. The summed E-state index contributed by atoms with van der Waals surface area (Å²) in [5.41, 5.74) is 1.11. The lowest BCUT2D eigenvalue weighted by Crippen LogP contribution is -2.27. The highest BCUT2D eigenvalue weighted by Crippen LogP contribution is 2.35. The van der Waals surface area contributed by atoms with Crippen molar-refractivity contribution in [3.8, 4) is 0 Å². The van der Waals surface area contributed by atoms with Crippen LogP contribution in [0.15, 0.2) is 89.2 Å². The third kappa shape index (κ3) is 7.62. The van der Waals surface area contributed by atoms with Crippen LogP contribution in [0.3, 0.4) is 0 Å². The molecule has 1 aliphatic heterocycles. The molecule has 1 saturated heterocycles. The number of hydrogen-bond donors (Lipinski definition) is 0. The van der Waals surface area contributed by atoms with Crippen LogP contribution in [0.5, 0.6) is 0 Å². The summed E-state index contributed by atoms with van der Waals surface area (Å²) in [4.78, 5) is 12.4. The van der Waals surface area contributed by atoms with Gasteiger partial charge in [-0.3, -0.25) is 0 Å². The molecule has 2 aromatic rings. The zero-order chi connectivity index (χ0) is 25.1. The van der Waals surface area contributed by atoms with Crippen molar-refractivity contribution in [2.45, 2.75) is 62.2 Å². The van der Waals surface area contributed by atoms with Crippen LogP contribution in [0, 0.1) is 0 Å². The summed E-state index contributed by atoms with van der Waals surface area (Å²) < 4.78 is 44.1. The van der Waals surface area contributed by atoms with E-state index in [-0.39, 0.29) is 23.6 Å². The number of ether oxygens (including phenoxy) is 3. The molecule has 35 heavy (non-hydrogen) atoms. The van der Waals surface area contributed by atoms with Crippen molar-refractivity contribution in [1.29, 1.82) is 0 Å². The number of carbonyl (C=O) groups excluding carboxylic acids is 1. The van der Waals surface area contributed by atoms with Gasteiger partial charge >= 0.3 is 5.97 Å². The number of benzene rings is 2. The van der Waals surface area contributed by atoms with Gasteiger partial charge in [-0.15, -0.1) is 6.58 Å². The second kappa shape index (κ2) is 13.4. The van der Waals surface area contributed by atoms with Gasteiger partial charge in [-0.05, 0) is 49.9 Å². The molecular formula is C28H34O6S. The summed E-state index contributed by atoms with van der Waals surface area (Å²) in [6, 6.07) is 17.2. The van der Waals surface area contributed by atoms with Gasteiger partial charge in [0.25, 0.3) is 0 Å². The number of carbonyl (C=O) groups is 1. The molecule has 0 unspecified atom stereocenters. The van der Waals surface area contributed by atoms with E-state index in [1.165, 1.54) is 5.41 Å². The topological polar surface area (TPSA) is 78.9 Å². The molecule has 2 aromatic carbocycles. The average molecular weight is 499 g/mol. The predicted molar refractivity (Wildman–Crippen MR) is 136 cm³/mol. The van der Waals surface area contributed by atoms with Crippen LogP contribution in [0.2, 0.25) is 0 Å². The highest BCUT2D eigenvalue weighted by atomic mass is 32.2. The summed E-state index contributed by atoms with van der Waals surface area (Å²) in [7, 11) is -3.67. The summed E-state index contributed by atoms with van der Waals surface area (Å²) >= 11 is 0. The van der Waals surface area contributed by atoms with Gasteiger partial charge < -0.3 is 14.2 Å². The van der Waals surface area contributed by atoms with E-state index in [9.17, 15) is 13.2 Å². The van der Waals surface area contributed by atoms with Crippen LogP contribution in [0.25, 0.3) is 0 Å². The van der Waals surface area contributed by atoms with Gasteiger partial charge in [-0.1, -0.05) is 55.8 Å². The second-order valence-corrected chi connectivity index (χ2v) is 10.2. The first kappa shape index (κ1) is 26.9. The molecule has 0 amide bonds. The maximum atomic E-state index is 13.1. The Morgan fingerprint density at radius 2 is 1.71 bits per heavy atom. The molecule has 0 spiro atoms. The van der Waals surface area contributed by atoms with Crippen LogP contribution in [-0.4, -0.2) is 45.9 Å². The molecule has 1 aliphatic rings. The number of sulfone groups is 1. The Kier molecular flexibility index (Phi) is 10.3. The van der Waals surface area contributed by atoms with Gasteiger partial charge in [0.05, 0.1) is 29.3 Å². The van der Waals surface area contributed by atoms with Gasteiger partial charge in [0.2, 0.25) is 0 Å². The summed E-state index contributed by atoms with van der Waals surface area (Å²) in [5, 5.41) is 1.31. The van der Waals surface area contributed by atoms with E-state index in [0.29, 0.717) is 37.0 Å². The molecular weight excluding hydrogens is 464 g/mol. The molecule has 0 saturated carbocycles.